The largest absolute Gasteiger partial charge is 0.466 e. The minimum atomic E-state index is -0.108. The SMILES string of the molecule is CCOC(=O)CC[C@@]1(C)Sc2ccccc2N1C. The number of hydrogen-bond donors (Lipinski definition) is 0. The molecule has 0 unspecified atom stereocenters. The van der Waals surface area contributed by atoms with E-state index in [9.17, 15) is 4.79 Å². The molecule has 98 valence electrons. The van der Waals surface area contributed by atoms with E-state index in [2.05, 4.69) is 37.1 Å². The van der Waals surface area contributed by atoms with Crippen LogP contribution < -0.4 is 4.90 Å². The summed E-state index contributed by atoms with van der Waals surface area (Å²) in [6.45, 7) is 4.47. The lowest BCUT2D eigenvalue weighted by Gasteiger charge is -2.32. The van der Waals surface area contributed by atoms with E-state index in [-0.39, 0.29) is 10.8 Å². The van der Waals surface area contributed by atoms with Gasteiger partial charge in [-0.1, -0.05) is 23.9 Å². The summed E-state index contributed by atoms with van der Waals surface area (Å²) in [5.74, 6) is -0.108. The average Bonchev–Trinajstić information content (AvgIpc) is 2.61. The molecule has 0 saturated heterocycles. The molecule has 1 aromatic carbocycles. The van der Waals surface area contributed by atoms with Crippen LogP contribution in [0.1, 0.15) is 26.7 Å². The summed E-state index contributed by atoms with van der Waals surface area (Å²) in [5.41, 5.74) is 1.24. The first-order chi connectivity index (χ1) is 8.57. The second-order valence-corrected chi connectivity index (χ2v) is 6.13. The number of anilines is 1. The zero-order valence-corrected chi connectivity index (χ0v) is 11.9. The quantitative estimate of drug-likeness (QED) is 0.781. The Morgan fingerprint density at radius 2 is 2.17 bits per heavy atom. The zero-order valence-electron chi connectivity index (χ0n) is 11.1. The van der Waals surface area contributed by atoms with Gasteiger partial charge in [-0.3, -0.25) is 4.79 Å². The van der Waals surface area contributed by atoms with Crippen molar-refractivity contribution < 1.29 is 9.53 Å². The van der Waals surface area contributed by atoms with Gasteiger partial charge >= 0.3 is 5.97 Å². The van der Waals surface area contributed by atoms with Crippen LogP contribution in [0, 0.1) is 0 Å². The third-order valence-electron chi connectivity index (χ3n) is 3.36. The van der Waals surface area contributed by atoms with Crippen molar-refractivity contribution in [2.75, 3.05) is 18.6 Å². The molecule has 0 aliphatic carbocycles. The highest BCUT2D eigenvalue weighted by molar-refractivity contribution is 8.01. The number of rotatable bonds is 4. The summed E-state index contributed by atoms with van der Waals surface area (Å²) >= 11 is 1.82. The molecule has 1 aliphatic rings. The summed E-state index contributed by atoms with van der Waals surface area (Å²) < 4.78 is 4.99. The fourth-order valence-corrected chi connectivity index (χ4v) is 3.54. The van der Waals surface area contributed by atoms with E-state index in [0.29, 0.717) is 13.0 Å². The number of fused-ring (bicyclic) bond motifs is 1. The number of nitrogens with zero attached hydrogens (tertiary/aromatic N) is 1. The minimum absolute atomic E-state index is 0.0591. The van der Waals surface area contributed by atoms with Crippen molar-refractivity contribution >= 4 is 23.4 Å². The topological polar surface area (TPSA) is 29.5 Å². The third-order valence-corrected chi connectivity index (χ3v) is 4.85. The van der Waals surface area contributed by atoms with Crippen LogP contribution in [-0.2, 0) is 9.53 Å². The second-order valence-electron chi connectivity index (χ2n) is 4.61. The van der Waals surface area contributed by atoms with Gasteiger partial charge in [0.25, 0.3) is 0 Å². The molecule has 1 aromatic rings. The van der Waals surface area contributed by atoms with Crippen molar-refractivity contribution in [3.8, 4) is 0 Å². The molecule has 18 heavy (non-hydrogen) atoms. The van der Waals surface area contributed by atoms with Gasteiger partial charge in [0.05, 0.1) is 17.2 Å². The molecule has 1 heterocycles. The highest BCUT2D eigenvalue weighted by atomic mass is 32.2. The Kier molecular flexibility index (Phi) is 3.85. The molecule has 2 rings (SSSR count). The fourth-order valence-electron chi connectivity index (χ4n) is 2.17. The lowest BCUT2D eigenvalue weighted by Crippen LogP contribution is -2.37. The van der Waals surface area contributed by atoms with E-state index in [4.69, 9.17) is 4.74 Å². The van der Waals surface area contributed by atoms with Crippen molar-refractivity contribution in [3.63, 3.8) is 0 Å². The Balaban J connectivity index is 2.04. The summed E-state index contributed by atoms with van der Waals surface area (Å²) in [6, 6.07) is 8.35. The molecule has 0 bridgehead atoms. The maximum absolute atomic E-state index is 11.5. The lowest BCUT2D eigenvalue weighted by atomic mass is 10.1. The smallest absolute Gasteiger partial charge is 0.305 e. The fraction of sp³-hybridized carbons (Fsp3) is 0.500. The number of hydrogen-bond acceptors (Lipinski definition) is 4. The van der Waals surface area contributed by atoms with E-state index in [1.54, 1.807) is 0 Å². The van der Waals surface area contributed by atoms with Crippen LogP contribution in [0.5, 0.6) is 0 Å². The van der Waals surface area contributed by atoms with E-state index in [1.807, 2.05) is 24.8 Å². The molecule has 0 radical (unpaired) electrons. The second kappa shape index (κ2) is 5.22. The minimum Gasteiger partial charge on any atom is -0.466 e. The molecular formula is C14H19NO2S. The van der Waals surface area contributed by atoms with Gasteiger partial charge in [0.15, 0.2) is 0 Å². The molecule has 0 N–H and O–H groups in total. The monoisotopic (exact) mass is 265 g/mol. The Bertz CT molecular complexity index is 449. The molecule has 0 saturated carbocycles. The Morgan fingerprint density at radius 1 is 1.44 bits per heavy atom. The van der Waals surface area contributed by atoms with Gasteiger partial charge in [-0.15, -0.1) is 0 Å². The summed E-state index contributed by atoms with van der Waals surface area (Å²) in [7, 11) is 2.09. The Morgan fingerprint density at radius 3 is 2.83 bits per heavy atom. The van der Waals surface area contributed by atoms with E-state index in [0.717, 1.165) is 6.42 Å². The van der Waals surface area contributed by atoms with Crippen molar-refractivity contribution in [3.05, 3.63) is 24.3 Å². The van der Waals surface area contributed by atoms with Gasteiger partial charge in [-0.25, -0.2) is 0 Å². The average molecular weight is 265 g/mol. The van der Waals surface area contributed by atoms with Crippen LogP contribution in [0.15, 0.2) is 29.2 Å². The van der Waals surface area contributed by atoms with Gasteiger partial charge in [-0.2, -0.15) is 0 Å². The Labute approximate surface area is 113 Å². The van der Waals surface area contributed by atoms with Gasteiger partial charge in [0, 0.05) is 18.4 Å². The molecule has 1 atom stereocenters. The first-order valence-corrected chi connectivity index (χ1v) is 7.06. The normalized spacial score (nSPS) is 21.8. The molecule has 3 nitrogen and oxygen atoms in total. The number of carbonyl (C=O) groups excluding carboxylic acids is 1. The van der Waals surface area contributed by atoms with E-state index < -0.39 is 0 Å². The predicted molar refractivity (Wildman–Crippen MR) is 75.0 cm³/mol. The molecule has 4 heteroatoms. The summed E-state index contributed by atoms with van der Waals surface area (Å²) in [6.07, 6.45) is 1.26. The first-order valence-electron chi connectivity index (χ1n) is 6.24. The lowest BCUT2D eigenvalue weighted by molar-refractivity contribution is -0.143. The van der Waals surface area contributed by atoms with Gasteiger partial charge in [0.1, 0.15) is 0 Å². The number of ether oxygens (including phenoxy) is 1. The summed E-state index contributed by atoms with van der Waals surface area (Å²) in [4.78, 5) is 15.0. The zero-order chi connectivity index (χ0) is 13.2. The van der Waals surface area contributed by atoms with Crippen molar-refractivity contribution in [1.29, 1.82) is 0 Å². The molecular weight excluding hydrogens is 246 g/mol. The molecule has 0 amide bonds. The number of carbonyl (C=O) groups is 1. The molecule has 1 aliphatic heterocycles. The maximum atomic E-state index is 11.5. The number of benzene rings is 1. The number of thioether (sulfide) groups is 1. The standard InChI is InChI=1S/C14H19NO2S/c1-4-17-13(16)9-10-14(2)15(3)11-7-5-6-8-12(11)18-14/h5-8H,4,9-10H2,1-3H3/t14-/m1/s1. The van der Waals surface area contributed by atoms with Crippen LogP contribution in [0.25, 0.3) is 0 Å². The van der Waals surface area contributed by atoms with Gasteiger partial charge < -0.3 is 9.64 Å². The molecule has 0 aromatic heterocycles. The molecule has 0 spiro atoms. The number of para-hydroxylation sites is 1. The van der Waals surface area contributed by atoms with Crippen molar-refractivity contribution in [2.24, 2.45) is 0 Å². The van der Waals surface area contributed by atoms with Crippen LogP contribution in [0.4, 0.5) is 5.69 Å². The first kappa shape index (κ1) is 13.3. The van der Waals surface area contributed by atoms with Crippen molar-refractivity contribution in [2.45, 2.75) is 36.5 Å². The number of esters is 1. The Hall–Kier alpha value is -1.16. The van der Waals surface area contributed by atoms with Crippen molar-refractivity contribution in [1.82, 2.24) is 0 Å². The van der Waals surface area contributed by atoms with Crippen LogP contribution in [0.3, 0.4) is 0 Å². The van der Waals surface area contributed by atoms with Crippen LogP contribution in [-0.4, -0.2) is 24.5 Å². The molecule has 0 fully saturated rings. The van der Waals surface area contributed by atoms with Gasteiger partial charge in [-0.05, 0) is 32.4 Å². The van der Waals surface area contributed by atoms with E-state index >= 15 is 0 Å². The van der Waals surface area contributed by atoms with Crippen LogP contribution in [0.2, 0.25) is 0 Å². The third kappa shape index (κ3) is 2.48. The highest BCUT2D eigenvalue weighted by Crippen LogP contribution is 2.51. The van der Waals surface area contributed by atoms with Crippen LogP contribution >= 0.6 is 11.8 Å². The highest BCUT2D eigenvalue weighted by Gasteiger charge is 2.38. The maximum Gasteiger partial charge on any atom is 0.305 e. The van der Waals surface area contributed by atoms with Gasteiger partial charge in [0.2, 0.25) is 0 Å². The predicted octanol–water partition coefficient (Wildman–Crippen LogP) is 3.29. The van der Waals surface area contributed by atoms with E-state index in [1.165, 1.54) is 10.6 Å². The summed E-state index contributed by atoms with van der Waals surface area (Å²) in [5, 5.41) is 0.